The molecule has 0 spiro atoms. The summed E-state index contributed by atoms with van der Waals surface area (Å²) in [5.74, 6) is -0.761. The summed E-state index contributed by atoms with van der Waals surface area (Å²) in [5.41, 5.74) is -0.346. The quantitative estimate of drug-likeness (QED) is 0.876. The van der Waals surface area contributed by atoms with E-state index >= 15 is 0 Å². The Bertz CT molecular complexity index is 592. The van der Waals surface area contributed by atoms with Gasteiger partial charge >= 0.3 is 0 Å². The standard InChI is InChI=1S/C18H23FN2O2/c19-15-9-5-4-8-14(15)18(10-11-18)17(23)20-12-16(22)21-13-6-2-1-3-7-13/h4-5,8-9,13H,1-3,6-7,10-12H2,(H,20,23)(H,21,22). The molecule has 0 atom stereocenters. The third kappa shape index (κ3) is 3.54. The zero-order valence-electron chi connectivity index (χ0n) is 13.2. The van der Waals surface area contributed by atoms with Gasteiger partial charge in [0.2, 0.25) is 11.8 Å². The summed E-state index contributed by atoms with van der Waals surface area (Å²) in [4.78, 5) is 24.4. The number of carbonyl (C=O) groups is 2. The van der Waals surface area contributed by atoms with Crippen LogP contribution in [0.2, 0.25) is 0 Å². The zero-order chi connectivity index (χ0) is 16.3. The first kappa shape index (κ1) is 16.0. The van der Waals surface area contributed by atoms with E-state index in [1.165, 1.54) is 12.5 Å². The second kappa shape index (κ2) is 6.69. The van der Waals surface area contributed by atoms with Crippen molar-refractivity contribution in [2.75, 3.05) is 6.54 Å². The molecule has 23 heavy (non-hydrogen) atoms. The van der Waals surface area contributed by atoms with Crippen LogP contribution in [0.25, 0.3) is 0 Å². The number of hydrogen-bond donors (Lipinski definition) is 2. The zero-order valence-corrected chi connectivity index (χ0v) is 13.2. The summed E-state index contributed by atoms with van der Waals surface area (Å²) in [7, 11) is 0. The average Bonchev–Trinajstić information content (AvgIpc) is 3.36. The van der Waals surface area contributed by atoms with Crippen molar-refractivity contribution in [2.24, 2.45) is 0 Å². The van der Waals surface area contributed by atoms with Crippen LogP contribution >= 0.6 is 0 Å². The maximum Gasteiger partial charge on any atom is 0.239 e. The van der Waals surface area contributed by atoms with Crippen LogP contribution in [0.4, 0.5) is 4.39 Å². The number of rotatable bonds is 5. The lowest BCUT2D eigenvalue weighted by molar-refractivity contribution is -0.128. The third-order valence-corrected chi connectivity index (χ3v) is 4.95. The van der Waals surface area contributed by atoms with E-state index in [1.807, 2.05) is 0 Å². The molecule has 5 heteroatoms. The smallest absolute Gasteiger partial charge is 0.239 e. The van der Waals surface area contributed by atoms with Crippen LogP contribution in [0.1, 0.15) is 50.5 Å². The normalized spacial score (nSPS) is 19.9. The van der Waals surface area contributed by atoms with Gasteiger partial charge in [0.25, 0.3) is 0 Å². The maximum absolute atomic E-state index is 13.9. The van der Waals surface area contributed by atoms with Gasteiger partial charge < -0.3 is 10.6 Å². The number of nitrogens with one attached hydrogen (secondary N) is 2. The Labute approximate surface area is 135 Å². The molecule has 0 aromatic heterocycles. The number of hydrogen-bond acceptors (Lipinski definition) is 2. The molecule has 4 nitrogen and oxygen atoms in total. The van der Waals surface area contributed by atoms with Crippen LogP contribution in [0, 0.1) is 5.82 Å². The highest BCUT2D eigenvalue weighted by molar-refractivity contribution is 5.94. The molecule has 0 unspecified atom stereocenters. The van der Waals surface area contributed by atoms with E-state index in [9.17, 15) is 14.0 Å². The van der Waals surface area contributed by atoms with Crippen molar-refractivity contribution < 1.29 is 14.0 Å². The van der Waals surface area contributed by atoms with Crippen molar-refractivity contribution in [3.8, 4) is 0 Å². The summed E-state index contributed by atoms with van der Waals surface area (Å²) in [5, 5.41) is 5.65. The Morgan fingerprint density at radius 3 is 2.48 bits per heavy atom. The third-order valence-electron chi connectivity index (χ3n) is 4.95. The summed E-state index contributed by atoms with van der Waals surface area (Å²) >= 11 is 0. The van der Waals surface area contributed by atoms with Gasteiger partial charge in [0.1, 0.15) is 5.82 Å². The van der Waals surface area contributed by atoms with E-state index in [-0.39, 0.29) is 30.2 Å². The highest BCUT2D eigenvalue weighted by atomic mass is 19.1. The lowest BCUT2D eigenvalue weighted by Crippen LogP contribution is -2.45. The minimum absolute atomic E-state index is 0.0362. The molecule has 0 aliphatic heterocycles. The molecule has 1 aromatic carbocycles. The Balaban J connectivity index is 1.53. The SMILES string of the molecule is O=C(CNC(=O)C1(c2ccccc2F)CC1)NC1CCCCC1. The van der Waals surface area contributed by atoms with Gasteiger partial charge in [-0.1, -0.05) is 37.5 Å². The number of benzene rings is 1. The number of amides is 2. The molecule has 2 N–H and O–H groups in total. The van der Waals surface area contributed by atoms with E-state index in [0.717, 1.165) is 25.7 Å². The van der Waals surface area contributed by atoms with Gasteiger partial charge in [0.05, 0.1) is 12.0 Å². The van der Waals surface area contributed by atoms with E-state index in [1.54, 1.807) is 18.2 Å². The van der Waals surface area contributed by atoms with Gasteiger partial charge in [-0.15, -0.1) is 0 Å². The highest BCUT2D eigenvalue weighted by Crippen LogP contribution is 2.49. The molecule has 2 fully saturated rings. The molecule has 3 rings (SSSR count). The average molecular weight is 318 g/mol. The van der Waals surface area contributed by atoms with Crippen molar-refractivity contribution in [2.45, 2.75) is 56.4 Å². The first-order valence-corrected chi connectivity index (χ1v) is 8.44. The van der Waals surface area contributed by atoms with Gasteiger partial charge in [0, 0.05) is 11.6 Å². The molecular formula is C18H23FN2O2. The van der Waals surface area contributed by atoms with Crippen molar-refractivity contribution in [1.29, 1.82) is 0 Å². The predicted octanol–water partition coefficient (Wildman–Crippen LogP) is 2.42. The van der Waals surface area contributed by atoms with Gasteiger partial charge in [-0.3, -0.25) is 9.59 Å². The molecule has 0 bridgehead atoms. The van der Waals surface area contributed by atoms with E-state index in [4.69, 9.17) is 0 Å². The molecule has 0 radical (unpaired) electrons. The molecular weight excluding hydrogens is 295 g/mol. The molecule has 2 aliphatic carbocycles. The fourth-order valence-corrected chi connectivity index (χ4v) is 3.45. The molecule has 1 aromatic rings. The summed E-state index contributed by atoms with van der Waals surface area (Å²) in [6, 6.07) is 6.61. The first-order valence-electron chi connectivity index (χ1n) is 8.44. The predicted molar refractivity (Wildman–Crippen MR) is 85.3 cm³/mol. The molecule has 2 amide bonds. The van der Waals surface area contributed by atoms with Crippen LogP contribution in [0.5, 0.6) is 0 Å². The largest absolute Gasteiger partial charge is 0.352 e. The van der Waals surface area contributed by atoms with Crippen molar-refractivity contribution in [3.63, 3.8) is 0 Å². The minimum atomic E-state index is -0.781. The van der Waals surface area contributed by atoms with Crippen molar-refractivity contribution in [3.05, 3.63) is 35.6 Å². The number of carbonyl (C=O) groups excluding carboxylic acids is 2. The minimum Gasteiger partial charge on any atom is -0.352 e. The van der Waals surface area contributed by atoms with E-state index < -0.39 is 5.41 Å². The summed E-state index contributed by atoms with van der Waals surface area (Å²) < 4.78 is 13.9. The van der Waals surface area contributed by atoms with Gasteiger partial charge in [0.15, 0.2) is 0 Å². The van der Waals surface area contributed by atoms with Crippen molar-refractivity contribution >= 4 is 11.8 Å². The molecule has 2 aliphatic rings. The number of halogens is 1. The molecule has 0 saturated heterocycles. The Morgan fingerprint density at radius 1 is 1.13 bits per heavy atom. The lowest BCUT2D eigenvalue weighted by atomic mass is 9.94. The maximum atomic E-state index is 13.9. The van der Waals surface area contributed by atoms with Crippen LogP contribution in [0.15, 0.2) is 24.3 Å². The lowest BCUT2D eigenvalue weighted by Gasteiger charge is -2.23. The second-order valence-corrected chi connectivity index (χ2v) is 6.65. The fourth-order valence-electron chi connectivity index (χ4n) is 3.45. The molecule has 2 saturated carbocycles. The van der Waals surface area contributed by atoms with Crippen molar-refractivity contribution in [1.82, 2.24) is 10.6 Å². The fraction of sp³-hybridized carbons (Fsp3) is 0.556. The monoisotopic (exact) mass is 318 g/mol. The van der Waals surface area contributed by atoms with Crippen LogP contribution < -0.4 is 10.6 Å². The highest BCUT2D eigenvalue weighted by Gasteiger charge is 2.52. The first-order chi connectivity index (χ1) is 11.1. The summed E-state index contributed by atoms with van der Waals surface area (Å²) in [6.45, 7) is -0.0362. The van der Waals surface area contributed by atoms with Crippen LogP contribution in [-0.2, 0) is 15.0 Å². The van der Waals surface area contributed by atoms with Crippen LogP contribution in [0.3, 0.4) is 0 Å². The Hall–Kier alpha value is -1.91. The van der Waals surface area contributed by atoms with E-state index in [0.29, 0.717) is 18.4 Å². The second-order valence-electron chi connectivity index (χ2n) is 6.65. The topological polar surface area (TPSA) is 58.2 Å². The Morgan fingerprint density at radius 2 is 1.83 bits per heavy atom. The molecule has 0 heterocycles. The summed E-state index contributed by atoms with van der Waals surface area (Å²) in [6.07, 6.45) is 6.81. The molecule has 124 valence electrons. The van der Waals surface area contributed by atoms with Gasteiger partial charge in [-0.25, -0.2) is 4.39 Å². The Kier molecular flexibility index (Phi) is 4.64. The van der Waals surface area contributed by atoms with E-state index in [2.05, 4.69) is 10.6 Å². The van der Waals surface area contributed by atoms with Gasteiger partial charge in [-0.2, -0.15) is 0 Å². The van der Waals surface area contributed by atoms with Crippen LogP contribution in [-0.4, -0.2) is 24.4 Å². The van der Waals surface area contributed by atoms with Gasteiger partial charge in [-0.05, 0) is 31.7 Å².